The van der Waals surface area contributed by atoms with E-state index in [9.17, 15) is 4.39 Å². The van der Waals surface area contributed by atoms with E-state index in [1.165, 1.54) is 6.07 Å². The van der Waals surface area contributed by atoms with Crippen LogP contribution >= 0.6 is 0 Å². The van der Waals surface area contributed by atoms with Crippen molar-refractivity contribution >= 4 is 0 Å². The highest BCUT2D eigenvalue weighted by Gasteiger charge is 2.28. The van der Waals surface area contributed by atoms with Crippen molar-refractivity contribution in [2.75, 3.05) is 26.8 Å². The number of hydrogen-bond donors (Lipinski definition) is 1. The molecular weight excluding hydrogens is 231 g/mol. The Morgan fingerprint density at radius 1 is 1.39 bits per heavy atom. The van der Waals surface area contributed by atoms with Crippen LogP contribution in [0.5, 0.6) is 0 Å². The van der Waals surface area contributed by atoms with Crippen molar-refractivity contribution < 1.29 is 9.13 Å². The highest BCUT2D eigenvalue weighted by Crippen LogP contribution is 2.17. The summed E-state index contributed by atoms with van der Waals surface area (Å²) < 4.78 is 19.1. The van der Waals surface area contributed by atoms with Gasteiger partial charge in [-0.1, -0.05) is 18.2 Å². The molecule has 0 radical (unpaired) electrons. The second-order valence-electron chi connectivity index (χ2n) is 4.79. The molecule has 1 aromatic carbocycles. The lowest BCUT2D eigenvalue weighted by molar-refractivity contribution is 0.0197. The van der Waals surface area contributed by atoms with Crippen LogP contribution in [0.15, 0.2) is 24.3 Å². The van der Waals surface area contributed by atoms with Crippen molar-refractivity contribution in [2.24, 2.45) is 5.73 Å². The summed E-state index contributed by atoms with van der Waals surface area (Å²) in [5.74, 6) is -0.180. The third-order valence-corrected chi connectivity index (χ3v) is 3.34. The topological polar surface area (TPSA) is 38.5 Å². The maximum absolute atomic E-state index is 13.6. The molecule has 1 aromatic rings. The first kappa shape index (κ1) is 15.1. The first-order valence-electron chi connectivity index (χ1n) is 6.26. The van der Waals surface area contributed by atoms with Gasteiger partial charge in [0.15, 0.2) is 0 Å². The van der Waals surface area contributed by atoms with Crippen LogP contribution in [0.1, 0.15) is 19.4 Å². The van der Waals surface area contributed by atoms with Gasteiger partial charge in [-0.15, -0.1) is 0 Å². The molecule has 0 aliphatic carbocycles. The van der Waals surface area contributed by atoms with E-state index < -0.39 is 0 Å². The molecule has 0 aliphatic rings. The first-order chi connectivity index (χ1) is 8.53. The molecule has 102 valence electrons. The van der Waals surface area contributed by atoms with Crippen LogP contribution in [0.2, 0.25) is 0 Å². The van der Waals surface area contributed by atoms with Gasteiger partial charge in [0.05, 0.1) is 12.1 Å². The fourth-order valence-electron chi connectivity index (χ4n) is 1.72. The second-order valence-corrected chi connectivity index (χ2v) is 4.79. The molecule has 0 bridgehead atoms. The molecule has 3 nitrogen and oxygen atoms in total. The van der Waals surface area contributed by atoms with E-state index in [4.69, 9.17) is 10.5 Å². The Hall–Kier alpha value is -0.970. The van der Waals surface area contributed by atoms with Gasteiger partial charge in [0, 0.05) is 25.3 Å². The van der Waals surface area contributed by atoms with Crippen LogP contribution in [0.4, 0.5) is 4.39 Å². The molecule has 0 amide bonds. The van der Waals surface area contributed by atoms with Gasteiger partial charge in [-0.3, -0.25) is 4.90 Å². The molecule has 0 spiro atoms. The van der Waals surface area contributed by atoms with Crippen LogP contribution in [-0.4, -0.2) is 37.2 Å². The number of rotatable bonds is 7. The monoisotopic (exact) mass is 254 g/mol. The maximum Gasteiger partial charge on any atom is 0.127 e. The zero-order valence-electron chi connectivity index (χ0n) is 11.4. The van der Waals surface area contributed by atoms with Gasteiger partial charge in [0.1, 0.15) is 5.82 Å². The Morgan fingerprint density at radius 3 is 2.61 bits per heavy atom. The lowest BCUT2D eigenvalue weighted by Gasteiger charge is -2.37. The number of hydrogen-bond acceptors (Lipinski definition) is 3. The first-order valence-corrected chi connectivity index (χ1v) is 6.26. The summed E-state index contributed by atoms with van der Waals surface area (Å²) in [5, 5.41) is 0. The molecule has 4 heteroatoms. The molecule has 0 heterocycles. The van der Waals surface area contributed by atoms with Gasteiger partial charge in [-0.2, -0.15) is 0 Å². The van der Waals surface area contributed by atoms with Crippen LogP contribution < -0.4 is 5.73 Å². The number of halogens is 1. The third kappa shape index (κ3) is 3.77. The average molecular weight is 254 g/mol. The summed E-state index contributed by atoms with van der Waals surface area (Å²) in [7, 11) is 1.94. The molecule has 1 rings (SSSR count). The van der Waals surface area contributed by atoms with Crippen LogP contribution in [0.3, 0.4) is 0 Å². The number of benzene rings is 1. The summed E-state index contributed by atoms with van der Waals surface area (Å²) >= 11 is 0. The Kier molecular flexibility index (Phi) is 5.72. The second kappa shape index (κ2) is 6.83. The van der Waals surface area contributed by atoms with E-state index in [2.05, 4.69) is 0 Å². The number of nitrogens with zero attached hydrogens (tertiary/aromatic N) is 1. The van der Waals surface area contributed by atoms with E-state index in [-0.39, 0.29) is 11.4 Å². The van der Waals surface area contributed by atoms with Gasteiger partial charge in [0.2, 0.25) is 0 Å². The molecule has 1 unspecified atom stereocenters. The fourth-order valence-corrected chi connectivity index (χ4v) is 1.72. The van der Waals surface area contributed by atoms with Crippen LogP contribution in [0, 0.1) is 5.82 Å². The zero-order chi connectivity index (χ0) is 13.6. The van der Waals surface area contributed by atoms with Crippen molar-refractivity contribution in [3.63, 3.8) is 0 Å². The molecule has 0 saturated carbocycles. The van der Waals surface area contributed by atoms with Crippen molar-refractivity contribution in [1.29, 1.82) is 0 Å². The number of likely N-dealkylation sites (N-methyl/N-ethyl adjacent to an activating group) is 1. The zero-order valence-corrected chi connectivity index (χ0v) is 11.4. The van der Waals surface area contributed by atoms with Gasteiger partial charge < -0.3 is 10.5 Å². The van der Waals surface area contributed by atoms with E-state index in [0.717, 1.165) is 0 Å². The quantitative estimate of drug-likeness (QED) is 0.809. The predicted octanol–water partition coefficient (Wildman–Crippen LogP) is 2.01. The lowest BCUT2D eigenvalue weighted by Crippen LogP contribution is -2.52. The average Bonchev–Trinajstić information content (AvgIpc) is 2.38. The number of ether oxygens (including phenoxy) is 1. The Bertz CT molecular complexity index is 373. The molecule has 0 saturated heterocycles. The molecule has 18 heavy (non-hydrogen) atoms. The van der Waals surface area contributed by atoms with E-state index in [0.29, 0.717) is 31.9 Å². The molecule has 0 fully saturated rings. The minimum atomic E-state index is -0.279. The molecule has 2 N–H and O–H groups in total. The summed E-state index contributed by atoms with van der Waals surface area (Å²) in [6.07, 6.45) is 0. The Balaban J connectivity index is 2.73. The van der Waals surface area contributed by atoms with Crippen molar-refractivity contribution in [2.45, 2.75) is 25.9 Å². The van der Waals surface area contributed by atoms with Gasteiger partial charge in [-0.05, 0) is 27.0 Å². The smallest absolute Gasteiger partial charge is 0.127 e. The standard InChI is InChI=1S/C14H23FN2O/c1-4-18-11-14(2,10-16)17(3)9-12-7-5-6-8-13(12)15/h5-8H,4,9-11,16H2,1-3H3. The van der Waals surface area contributed by atoms with Crippen LogP contribution in [-0.2, 0) is 11.3 Å². The Labute approximate surface area is 109 Å². The summed E-state index contributed by atoms with van der Waals surface area (Å²) in [6.45, 7) is 6.18. The highest BCUT2D eigenvalue weighted by atomic mass is 19.1. The van der Waals surface area contributed by atoms with E-state index in [1.807, 2.05) is 31.9 Å². The van der Waals surface area contributed by atoms with Gasteiger partial charge >= 0.3 is 0 Å². The van der Waals surface area contributed by atoms with Crippen LogP contribution in [0.25, 0.3) is 0 Å². The lowest BCUT2D eigenvalue weighted by atomic mass is 10.0. The van der Waals surface area contributed by atoms with Gasteiger partial charge in [-0.25, -0.2) is 4.39 Å². The third-order valence-electron chi connectivity index (χ3n) is 3.34. The molecule has 0 aromatic heterocycles. The molecular formula is C14H23FN2O. The van der Waals surface area contributed by atoms with E-state index >= 15 is 0 Å². The van der Waals surface area contributed by atoms with Crippen molar-refractivity contribution in [3.8, 4) is 0 Å². The summed E-state index contributed by atoms with van der Waals surface area (Å²) in [5.41, 5.74) is 6.22. The normalized spacial score (nSPS) is 14.8. The number of nitrogens with two attached hydrogens (primary N) is 1. The van der Waals surface area contributed by atoms with Crippen molar-refractivity contribution in [3.05, 3.63) is 35.6 Å². The minimum absolute atomic E-state index is 0.180. The maximum atomic E-state index is 13.6. The summed E-state index contributed by atoms with van der Waals surface area (Å²) in [6, 6.07) is 6.81. The summed E-state index contributed by atoms with van der Waals surface area (Å²) in [4.78, 5) is 2.04. The SMILES string of the molecule is CCOCC(C)(CN)N(C)Cc1ccccc1F. The van der Waals surface area contributed by atoms with Crippen molar-refractivity contribution in [1.82, 2.24) is 4.90 Å². The Morgan fingerprint density at radius 2 is 2.06 bits per heavy atom. The van der Waals surface area contributed by atoms with Gasteiger partial charge in [0.25, 0.3) is 0 Å². The van der Waals surface area contributed by atoms with E-state index in [1.54, 1.807) is 12.1 Å². The molecule has 0 aliphatic heterocycles. The predicted molar refractivity (Wildman–Crippen MR) is 71.8 cm³/mol. The minimum Gasteiger partial charge on any atom is -0.380 e. The molecule has 1 atom stereocenters. The fraction of sp³-hybridized carbons (Fsp3) is 0.571. The highest BCUT2D eigenvalue weighted by molar-refractivity contribution is 5.17. The largest absolute Gasteiger partial charge is 0.380 e.